The lowest BCUT2D eigenvalue weighted by atomic mass is 10.4. The van der Waals surface area contributed by atoms with E-state index in [1.807, 2.05) is 30.8 Å². The number of hydrogen-bond donors (Lipinski definition) is 0. The lowest BCUT2D eigenvalue weighted by Crippen LogP contribution is -2.08. The van der Waals surface area contributed by atoms with Crippen LogP contribution in [0, 0.1) is 0 Å². The smallest absolute Gasteiger partial charge is 0.139 e. The van der Waals surface area contributed by atoms with Gasteiger partial charge < -0.3 is 4.90 Å². The second-order valence-corrected chi connectivity index (χ2v) is 3.90. The van der Waals surface area contributed by atoms with Crippen LogP contribution in [0.15, 0.2) is 29.1 Å². The maximum Gasteiger partial charge on any atom is 0.139 e. The lowest BCUT2D eigenvalue weighted by Gasteiger charge is -2.11. The standard InChI is InChI=1S/C9H10BrN3/c1-12(2)7-3-4-13-8(10)6-11-9(13)5-7/h3-6H,1-2H3. The summed E-state index contributed by atoms with van der Waals surface area (Å²) >= 11 is 3.42. The topological polar surface area (TPSA) is 20.5 Å². The van der Waals surface area contributed by atoms with Gasteiger partial charge in [-0.25, -0.2) is 4.98 Å². The van der Waals surface area contributed by atoms with Crippen LogP contribution in [0.5, 0.6) is 0 Å². The van der Waals surface area contributed by atoms with Crippen LogP contribution in [0.2, 0.25) is 0 Å². The van der Waals surface area contributed by atoms with Crippen molar-refractivity contribution in [2.45, 2.75) is 0 Å². The van der Waals surface area contributed by atoms with Gasteiger partial charge in [0.05, 0.1) is 6.20 Å². The van der Waals surface area contributed by atoms with E-state index in [0.717, 1.165) is 15.9 Å². The minimum atomic E-state index is 0.957. The Morgan fingerprint density at radius 2 is 2.23 bits per heavy atom. The molecule has 0 amide bonds. The molecule has 2 aromatic heterocycles. The molecule has 2 rings (SSSR count). The number of aromatic nitrogens is 2. The van der Waals surface area contributed by atoms with Crippen LogP contribution < -0.4 is 4.90 Å². The highest BCUT2D eigenvalue weighted by Gasteiger charge is 2.01. The van der Waals surface area contributed by atoms with Crippen molar-refractivity contribution in [2.75, 3.05) is 19.0 Å². The summed E-state index contributed by atoms with van der Waals surface area (Å²) in [6.45, 7) is 0. The molecule has 4 heteroatoms. The van der Waals surface area contributed by atoms with Gasteiger partial charge in [0, 0.05) is 32.0 Å². The predicted octanol–water partition coefficient (Wildman–Crippen LogP) is 2.16. The molecule has 0 fully saturated rings. The van der Waals surface area contributed by atoms with Crippen LogP contribution in [0.1, 0.15) is 0 Å². The molecular formula is C9H10BrN3. The van der Waals surface area contributed by atoms with Crippen LogP contribution in [-0.2, 0) is 0 Å². The summed E-state index contributed by atoms with van der Waals surface area (Å²) in [5, 5.41) is 0. The molecule has 0 atom stereocenters. The van der Waals surface area contributed by atoms with Crippen LogP contribution in [0.25, 0.3) is 5.65 Å². The van der Waals surface area contributed by atoms with E-state index in [9.17, 15) is 0 Å². The summed E-state index contributed by atoms with van der Waals surface area (Å²) in [5.74, 6) is 0. The van der Waals surface area contributed by atoms with Gasteiger partial charge in [0.2, 0.25) is 0 Å². The zero-order valence-corrected chi connectivity index (χ0v) is 9.12. The summed E-state index contributed by atoms with van der Waals surface area (Å²) in [5.41, 5.74) is 2.11. The Morgan fingerprint density at radius 1 is 1.46 bits per heavy atom. The SMILES string of the molecule is CN(C)c1ccn2c(Br)cnc2c1. The molecule has 0 aliphatic heterocycles. The molecule has 0 radical (unpaired) electrons. The number of imidazole rings is 1. The predicted molar refractivity (Wildman–Crippen MR) is 57.2 cm³/mol. The Labute approximate surface area is 85.1 Å². The number of pyridine rings is 1. The first kappa shape index (κ1) is 8.56. The van der Waals surface area contributed by atoms with Crippen LogP contribution in [0.3, 0.4) is 0 Å². The molecule has 0 aliphatic rings. The van der Waals surface area contributed by atoms with Gasteiger partial charge in [-0.15, -0.1) is 0 Å². The number of anilines is 1. The summed E-state index contributed by atoms with van der Waals surface area (Å²) in [4.78, 5) is 6.31. The summed E-state index contributed by atoms with van der Waals surface area (Å²) in [6.07, 6.45) is 3.80. The highest BCUT2D eigenvalue weighted by Crippen LogP contribution is 2.17. The first-order chi connectivity index (χ1) is 6.18. The van der Waals surface area contributed by atoms with Crippen molar-refractivity contribution in [3.8, 4) is 0 Å². The minimum Gasteiger partial charge on any atom is -0.378 e. The average molecular weight is 240 g/mol. The molecule has 0 unspecified atom stereocenters. The molecule has 0 aromatic carbocycles. The van der Waals surface area contributed by atoms with Crippen LogP contribution >= 0.6 is 15.9 Å². The zero-order chi connectivity index (χ0) is 9.42. The molecule has 0 saturated heterocycles. The Kier molecular flexibility index (Phi) is 2.00. The number of fused-ring (bicyclic) bond motifs is 1. The second-order valence-electron chi connectivity index (χ2n) is 3.09. The van der Waals surface area contributed by atoms with Crippen molar-refractivity contribution < 1.29 is 0 Å². The molecule has 0 aliphatic carbocycles. The Hall–Kier alpha value is -1.03. The fourth-order valence-corrected chi connectivity index (χ4v) is 1.62. The maximum absolute atomic E-state index is 4.25. The Morgan fingerprint density at radius 3 is 2.92 bits per heavy atom. The molecule has 3 nitrogen and oxygen atoms in total. The van der Waals surface area contributed by atoms with Crippen LogP contribution in [0.4, 0.5) is 5.69 Å². The third-order valence-electron chi connectivity index (χ3n) is 1.97. The van der Waals surface area contributed by atoms with E-state index >= 15 is 0 Å². The van der Waals surface area contributed by atoms with E-state index in [2.05, 4.69) is 31.9 Å². The van der Waals surface area contributed by atoms with Gasteiger partial charge in [-0.1, -0.05) is 0 Å². The lowest BCUT2D eigenvalue weighted by molar-refractivity contribution is 1.10. The van der Waals surface area contributed by atoms with Gasteiger partial charge in [0.1, 0.15) is 10.3 Å². The summed E-state index contributed by atoms with van der Waals surface area (Å²) < 4.78 is 2.97. The highest BCUT2D eigenvalue weighted by atomic mass is 79.9. The van der Waals surface area contributed by atoms with Gasteiger partial charge in [0.25, 0.3) is 0 Å². The van der Waals surface area contributed by atoms with E-state index in [1.165, 1.54) is 0 Å². The third-order valence-corrected chi connectivity index (χ3v) is 2.55. The number of rotatable bonds is 1. The van der Waals surface area contributed by atoms with Crippen molar-refractivity contribution in [1.29, 1.82) is 0 Å². The highest BCUT2D eigenvalue weighted by molar-refractivity contribution is 9.10. The van der Waals surface area contributed by atoms with Crippen molar-refractivity contribution >= 4 is 27.3 Å². The minimum absolute atomic E-state index is 0.957. The van der Waals surface area contributed by atoms with Crippen molar-refractivity contribution in [3.63, 3.8) is 0 Å². The van der Waals surface area contributed by atoms with Crippen molar-refractivity contribution in [3.05, 3.63) is 29.1 Å². The molecular weight excluding hydrogens is 230 g/mol. The summed E-state index contributed by atoms with van der Waals surface area (Å²) in [7, 11) is 4.04. The fourth-order valence-electron chi connectivity index (χ4n) is 1.22. The Bertz CT molecular complexity index is 433. The number of nitrogens with zero attached hydrogens (tertiary/aromatic N) is 3. The molecule has 0 N–H and O–H groups in total. The van der Waals surface area contributed by atoms with Crippen LogP contribution in [-0.4, -0.2) is 23.5 Å². The van der Waals surface area contributed by atoms with Gasteiger partial charge in [-0.05, 0) is 22.0 Å². The number of hydrogen-bond acceptors (Lipinski definition) is 2. The third kappa shape index (κ3) is 1.42. The van der Waals surface area contributed by atoms with Crippen molar-refractivity contribution in [2.24, 2.45) is 0 Å². The largest absolute Gasteiger partial charge is 0.378 e. The fraction of sp³-hybridized carbons (Fsp3) is 0.222. The number of halogens is 1. The van der Waals surface area contributed by atoms with Gasteiger partial charge in [-0.2, -0.15) is 0 Å². The monoisotopic (exact) mass is 239 g/mol. The quantitative estimate of drug-likeness (QED) is 0.761. The van der Waals surface area contributed by atoms with E-state index in [0.29, 0.717) is 0 Å². The molecule has 0 spiro atoms. The van der Waals surface area contributed by atoms with E-state index < -0.39 is 0 Å². The molecule has 0 saturated carbocycles. The van der Waals surface area contributed by atoms with E-state index in [1.54, 1.807) is 6.20 Å². The molecule has 68 valence electrons. The van der Waals surface area contributed by atoms with E-state index in [-0.39, 0.29) is 0 Å². The normalized spacial score (nSPS) is 10.7. The van der Waals surface area contributed by atoms with Gasteiger partial charge >= 0.3 is 0 Å². The Balaban J connectivity index is 2.63. The summed E-state index contributed by atoms with van der Waals surface area (Å²) in [6, 6.07) is 4.10. The van der Waals surface area contributed by atoms with Gasteiger partial charge in [-0.3, -0.25) is 4.40 Å². The van der Waals surface area contributed by atoms with E-state index in [4.69, 9.17) is 0 Å². The molecule has 13 heavy (non-hydrogen) atoms. The first-order valence-corrected chi connectivity index (χ1v) is 4.78. The zero-order valence-electron chi connectivity index (χ0n) is 7.53. The van der Waals surface area contributed by atoms with Gasteiger partial charge in [0.15, 0.2) is 0 Å². The first-order valence-electron chi connectivity index (χ1n) is 3.98. The molecule has 0 bridgehead atoms. The average Bonchev–Trinajstić information content (AvgIpc) is 2.47. The maximum atomic E-state index is 4.25. The molecule has 2 aromatic rings. The second kappa shape index (κ2) is 3.03. The van der Waals surface area contributed by atoms with Crippen molar-refractivity contribution in [1.82, 2.24) is 9.38 Å². The molecule has 2 heterocycles.